The van der Waals surface area contributed by atoms with Crippen molar-refractivity contribution >= 4 is 22.9 Å². The largest absolute Gasteiger partial charge is 1.00 e. The molecule has 2 aromatic carbocycles. The maximum absolute atomic E-state index is 13.7. The number of carbonyl (C=O) groups excluding carboxylic acids is 2. The van der Waals surface area contributed by atoms with E-state index in [-0.39, 0.29) is 45.5 Å². The van der Waals surface area contributed by atoms with Crippen molar-refractivity contribution in [2.45, 2.75) is 52.4 Å². The Bertz CT molecular complexity index is 1030. The van der Waals surface area contributed by atoms with Crippen LogP contribution in [0.4, 0.5) is 11.4 Å². The summed E-state index contributed by atoms with van der Waals surface area (Å²) in [5.74, 6) is -0.143. The summed E-state index contributed by atoms with van der Waals surface area (Å²) >= 11 is 0. The zero-order valence-electron chi connectivity index (χ0n) is 25.4. The summed E-state index contributed by atoms with van der Waals surface area (Å²) in [4.78, 5) is 27.3. The van der Waals surface area contributed by atoms with E-state index >= 15 is 0 Å². The lowest BCUT2D eigenvalue weighted by atomic mass is 9.82. The Morgan fingerprint density at radius 3 is 1.27 bits per heavy atom. The second kappa shape index (κ2) is 16.6. The van der Waals surface area contributed by atoms with E-state index in [0.29, 0.717) is 22.3 Å². The fourth-order valence-corrected chi connectivity index (χ4v) is 5.37. The van der Waals surface area contributed by atoms with Crippen molar-refractivity contribution in [1.82, 2.24) is 0 Å². The summed E-state index contributed by atoms with van der Waals surface area (Å²) in [6.07, 6.45) is 6.87. The zero-order valence-corrected chi connectivity index (χ0v) is 28.6. The van der Waals surface area contributed by atoms with E-state index in [1.807, 2.05) is 24.3 Å². The molecule has 0 aromatic heterocycles. The number of hydrogen-bond donors (Lipinski definition) is 2. The van der Waals surface area contributed by atoms with Gasteiger partial charge in [-0.15, -0.1) is 0 Å². The third kappa shape index (κ3) is 9.68. The molecule has 8 heteroatoms. The third-order valence-electron chi connectivity index (χ3n) is 7.82. The van der Waals surface area contributed by atoms with Gasteiger partial charge in [-0.3, -0.25) is 9.59 Å². The average molecular weight is 683 g/mol. The molecule has 3 rings (SSSR count). The highest BCUT2D eigenvalue weighted by Crippen LogP contribution is 2.36. The van der Waals surface area contributed by atoms with Crippen molar-refractivity contribution < 1.29 is 52.5 Å². The normalized spacial score (nSPS) is 12.7. The first-order chi connectivity index (χ1) is 18.1. The summed E-state index contributed by atoms with van der Waals surface area (Å²) in [6, 6.07) is 11.1. The van der Waals surface area contributed by atoms with Gasteiger partial charge in [-0.25, -0.2) is 0 Å². The SMILES string of the molecule is CCCC[N+](C)(C)CCCNc1ccc(NCCC[N+](C)(C)CCCC)c2c1C(=O)c1ccccc1C2=O.[Br-].[Br-]. The van der Waals surface area contributed by atoms with Crippen LogP contribution in [-0.4, -0.2) is 88.0 Å². The van der Waals surface area contributed by atoms with Crippen LogP contribution in [0.15, 0.2) is 36.4 Å². The quantitative estimate of drug-likeness (QED) is 0.163. The fourth-order valence-electron chi connectivity index (χ4n) is 5.37. The van der Waals surface area contributed by atoms with Crippen LogP contribution in [0.2, 0.25) is 0 Å². The van der Waals surface area contributed by atoms with Crippen LogP contribution in [0.1, 0.15) is 84.2 Å². The number of fused-ring (bicyclic) bond motifs is 2. The van der Waals surface area contributed by atoms with Crippen LogP contribution in [0.25, 0.3) is 0 Å². The van der Waals surface area contributed by atoms with Gasteiger partial charge in [-0.1, -0.05) is 51.0 Å². The van der Waals surface area contributed by atoms with Gasteiger partial charge in [-0.2, -0.15) is 0 Å². The van der Waals surface area contributed by atoms with Gasteiger partial charge in [-0.05, 0) is 25.0 Å². The number of nitrogens with one attached hydrogen (secondary N) is 2. The first kappa shape index (κ1) is 36.3. The Morgan fingerprint density at radius 2 is 0.925 bits per heavy atom. The van der Waals surface area contributed by atoms with Crippen molar-refractivity contribution in [2.24, 2.45) is 0 Å². The minimum Gasteiger partial charge on any atom is -1.00 e. The lowest BCUT2D eigenvalue weighted by molar-refractivity contribution is -0.890. The molecule has 0 saturated carbocycles. The highest BCUT2D eigenvalue weighted by molar-refractivity contribution is 6.31. The van der Waals surface area contributed by atoms with Crippen molar-refractivity contribution in [1.29, 1.82) is 0 Å². The number of quaternary nitrogens is 2. The highest BCUT2D eigenvalue weighted by Gasteiger charge is 2.33. The van der Waals surface area contributed by atoms with Crippen molar-refractivity contribution in [2.75, 3.05) is 78.1 Å². The van der Waals surface area contributed by atoms with Crippen LogP contribution in [-0.2, 0) is 0 Å². The lowest BCUT2D eigenvalue weighted by Crippen LogP contribution is -3.00. The molecule has 0 unspecified atom stereocenters. The predicted molar refractivity (Wildman–Crippen MR) is 159 cm³/mol. The minimum absolute atomic E-state index is 0. The number of unbranched alkanes of at least 4 members (excludes halogenated alkanes) is 2. The summed E-state index contributed by atoms with van der Waals surface area (Å²) in [7, 11) is 9.11. The van der Waals surface area contributed by atoms with E-state index in [0.717, 1.165) is 59.4 Å². The smallest absolute Gasteiger partial charge is 0.196 e. The molecule has 0 spiro atoms. The molecule has 1 aliphatic rings. The Kier molecular flexibility index (Phi) is 15.1. The summed E-state index contributed by atoms with van der Waals surface area (Å²) < 4.78 is 1.99. The van der Waals surface area contributed by atoms with E-state index in [1.165, 1.54) is 38.8 Å². The zero-order chi connectivity index (χ0) is 27.8. The van der Waals surface area contributed by atoms with Crippen LogP contribution in [0.5, 0.6) is 0 Å². The third-order valence-corrected chi connectivity index (χ3v) is 7.82. The summed E-state index contributed by atoms with van der Waals surface area (Å²) in [5.41, 5.74) is 3.54. The van der Waals surface area contributed by atoms with Gasteiger partial charge in [0.05, 0.1) is 65.5 Å². The predicted octanol–water partition coefficient (Wildman–Crippen LogP) is -0.173. The molecular weight excluding hydrogens is 632 g/mol. The summed E-state index contributed by atoms with van der Waals surface area (Å²) in [6.45, 7) is 10.5. The second-order valence-corrected chi connectivity index (χ2v) is 12.1. The van der Waals surface area contributed by atoms with Gasteiger partial charge >= 0.3 is 0 Å². The molecule has 1 aliphatic carbocycles. The molecule has 40 heavy (non-hydrogen) atoms. The number of rotatable bonds is 16. The number of anilines is 2. The second-order valence-electron chi connectivity index (χ2n) is 12.1. The van der Waals surface area contributed by atoms with Crippen LogP contribution < -0.4 is 44.6 Å². The molecule has 224 valence electrons. The minimum atomic E-state index is -0.0715. The molecule has 0 atom stereocenters. The fraction of sp³-hybridized carbons (Fsp3) is 0.562. The van der Waals surface area contributed by atoms with Gasteiger partial charge in [0.15, 0.2) is 11.6 Å². The number of ketones is 2. The number of nitrogens with zero attached hydrogens (tertiary/aromatic N) is 2. The summed E-state index contributed by atoms with van der Waals surface area (Å²) in [5, 5.41) is 7.01. The Hall–Kier alpha value is -1.74. The molecule has 6 nitrogen and oxygen atoms in total. The molecule has 0 aliphatic heterocycles. The number of halogens is 2. The van der Waals surface area contributed by atoms with Gasteiger partial charge in [0.1, 0.15) is 0 Å². The van der Waals surface area contributed by atoms with Gasteiger partial charge in [0.2, 0.25) is 0 Å². The lowest BCUT2D eigenvalue weighted by Gasteiger charge is -2.30. The molecule has 0 amide bonds. The maximum atomic E-state index is 13.7. The first-order valence-corrected chi connectivity index (χ1v) is 14.6. The van der Waals surface area contributed by atoms with Crippen LogP contribution in [0.3, 0.4) is 0 Å². The standard InChI is InChI=1S/C32H48N4O2.2BrH/c1-7-9-21-35(3,4)23-13-19-33-27-17-18-28(34-20-14-24-36(5,6)22-10-8-2)30-29(27)31(37)25-15-11-12-16-26(25)32(30)38;;/h11-12,15-18H,7-10,13-14,19-24H2,1-6H3;2*1H. The Balaban J connectivity index is 0.00000400. The van der Waals surface area contributed by atoms with Gasteiger partial charge in [0.25, 0.3) is 0 Å². The highest BCUT2D eigenvalue weighted by atomic mass is 79.9. The Labute approximate surface area is 263 Å². The van der Waals surface area contributed by atoms with Gasteiger partial charge in [0, 0.05) is 48.4 Å². The van der Waals surface area contributed by atoms with Crippen molar-refractivity contribution in [3.8, 4) is 0 Å². The Morgan fingerprint density at radius 1 is 0.575 bits per heavy atom. The monoisotopic (exact) mass is 680 g/mol. The van der Waals surface area contributed by atoms with Gasteiger partial charge < -0.3 is 53.6 Å². The van der Waals surface area contributed by atoms with Crippen LogP contribution >= 0.6 is 0 Å². The van der Waals surface area contributed by atoms with E-state index in [2.05, 4.69) is 52.7 Å². The van der Waals surface area contributed by atoms with Crippen molar-refractivity contribution in [3.63, 3.8) is 0 Å². The average Bonchev–Trinajstić information content (AvgIpc) is 2.90. The molecule has 0 heterocycles. The van der Waals surface area contributed by atoms with Crippen molar-refractivity contribution in [3.05, 3.63) is 58.7 Å². The molecule has 0 saturated heterocycles. The van der Waals surface area contributed by atoms with E-state index < -0.39 is 0 Å². The molecular formula is C32H50Br2N4O2. The molecule has 0 bridgehead atoms. The molecule has 2 N–H and O–H groups in total. The van der Waals surface area contributed by atoms with Crippen LogP contribution in [0, 0.1) is 0 Å². The molecule has 0 radical (unpaired) electrons. The maximum Gasteiger partial charge on any atom is 0.196 e. The molecule has 2 aromatic rings. The number of carbonyl (C=O) groups is 2. The van der Waals surface area contributed by atoms with E-state index in [1.54, 1.807) is 12.1 Å². The van der Waals surface area contributed by atoms with E-state index in [9.17, 15) is 9.59 Å². The van der Waals surface area contributed by atoms with E-state index in [4.69, 9.17) is 0 Å². The molecule has 0 fully saturated rings. The topological polar surface area (TPSA) is 58.2 Å². The number of hydrogen-bond acceptors (Lipinski definition) is 4. The number of benzene rings is 2. The first-order valence-electron chi connectivity index (χ1n) is 14.6.